The Balaban J connectivity index is 1.54. The Kier molecular flexibility index (Phi) is 6.77. The van der Waals surface area contributed by atoms with Crippen LogP contribution in [0.4, 0.5) is 11.4 Å². The fraction of sp³-hybridized carbons (Fsp3) is 0.103. The zero-order valence-electron chi connectivity index (χ0n) is 25.0. The summed E-state index contributed by atoms with van der Waals surface area (Å²) in [6.45, 7) is 0. The molecule has 0 N–H and O–H groups in total. The van der Waals surface area contributed by atoms with Crippen molar-refractivity contribution >= 4 is 63.3 Å². The first-order valence-corrected chi connectivity index (χ1v) is 16.0. The van der Waals surface area contributed by atoms with Gasteiger partial charge in [-0.2, -0.15) is 0 Å². The van der Waals surface area contributed by atoms with Gasteiger partial charge in [-0.25, -0.2) is 4.90 Å². The molecule has 1 saturated carbocycles. The van der Waals surface area contributed by atoms with E-state index in [1.165, 1.54) is 24.3 Å². The van der Waals surface area contributed by atoms with Crippen molar-refractivity contribution in [1.29, 1.82) is 0 Å². The zero-order chi connectivity index (χ0) is 33.4. The Labute approximate surface area is 285 Å². The second-order valence-electron chi connectivity index (χ2n) is 12.2. The number of hydrogen-bond acceptors (Lipinski definition) is 5. The van der Waals surface area contributed by atoms with Gasteiger partial charge in [0.05, 0.1) is 33.3 Å². The van der Waals surface area contributed by atoms with Gasteiger partial charge in [-0.1, -0.05) is 114 Å². The van der Waals surface area contributed by atoms with Gasteiger partial charge in [0.1, 0.15) is 0 Å². The summed E-state index contributed by atoms with van der Waals surface area (Å²) in [5.41, 5.74) is 0.278. The molecule has 7 nitrogen and oxygen atoms in total. The molecule has 5 aromatic carbocycles. The van der Waals surface area contributed by atoms with Gasteiger partial charge in [0.25, 0.3) is 5.69 Å². The number of non-ortho nitro benzene ring substituents is 1. The van der Waals surface area contributed by atoms with E-state index in [9.17, 15) is 10.1 Å². The predicted molar refractivity (Wildman–Crippen MR) is 184 cm³/mol. The van der Waals surface area contributed by atoms with E-state index in [2.05, 4.69) is 0 Å². The minimum Gasteiger partial charge on any atom is -0.297 e. The van der Waals surface area contributed by atoms with Crippen LogP contribution in [-0.4, -0.2) is 22.5 Å². The molecule has 3 aliphatic rings. The van der Waals surface area contributed by atoms with Crippen molar-refractivity contribution < 1.29 is 19.3 Å². The highest BCUT2D eigenvalue weighted by molar-refractivity contribution is 6.39. The molecule has 2 bridgehead atoms. The number of anilines is 1. The van der Waals surface area contributed by atoms with Crippen molar-refractivity contribution in [2.24, 2.45) is 11.8 Å². The van der Waals surface area contributed by atoms with Crippen LogP contribution in [0.25, 0.3) is 11.1 Å². The molecular formula is C39H24Cl2N2O5. The average molecular weight is 672 g/mol. The maximum absolute atomic E-state index is 15.9. The summed E-state index contributed by atoms with van der Waals surface area (Å²) in [6, 6.07) is 38.1. The van der Waals surface area contributed by atoms with Crippen LogP contribution in [0.2, 0.25) is 10.0 Å². The third-order valence-electron chi connectivity index (χ3n) is 10.0. The number of Topliss-reactive ketones (excluding diaryl/α,β-unsaturated/α-hetero) is 1. The third kappa shape index (κ3) is 3.86. The number of ketones is 1. The van der Waals surface area contributed by atoms with Crippen molar-refractivity contribution in [3.63, 3.8) is 0 Å². The number of nitro groups is 1. The highest BCUT2D eigenvalue weighted by Crippen LogP contribution is 2.74. The first kappa shape index (κ1) is 30.0. The highest BCUT2D eigenvalue weighted by Gasteiger charge is 2.82. The molecule has 0 spiro atoms. The number of allylic oxidation sites excluding steroid dienone is 2. The number of nitro benzene ring substituents is 1. The van der Waals surface area contributed by atoms with E-state index in [0.717, 1.165) is 16.0 Å². The maximum Gasteiger partial charge on any atom is 0.271 e. The normalized spacial score (nSPS) is 24.4. The van der Waals surface area contributed by atoms with Crippen molar-refractivity contribution in [3.8, 4) is 0 Å². The summed E-state index contributed by atoms with van der Waals surface area (Å²) in [5.74, 6) is -3.88. The molecule has 0 unspecified atom stereocenters. The largest absolute Gasteiger partial charge is 0.297 e. The number of amides is 2. The lowest BCUT2D eigenvalue weighted by atomic mass is 9.59. The monoisotopic (exact) mass is 670 g/mol. The number of carbonyl (C=O) groups is 3. The summed E-state index contributed by atoms with van der Waals surface area (Å²) in [4.78, 5) is 58.2. The van der Waals surface area contributed by atoms with Gasteiger partial charge in [0.15, 0.2) is 5.78 Å². The number of hydrogen-bond donors (Lipinski definition) is 0. The number of imide groups is 1. The minimum atomic E-state index is -1.64. The van der Waals surface area contributed by atoms with E-state index < -0.39 is 39.4 Å². The van der Waals surface area contributed by atoms with Crippen LogP contribution in [0, 0.1) is 22.0 Å². The summed E-state index contributed by atoms with van der Waals surface area (Å²) in [6.07, 6.45) is 0. The lowest BCUT2D eigenvalue weighted by Crippen LogP contribution is -2.45. The van der Waals surface area contributed by atoms with Crippen LogP contribution in [0.1, 0.15) is 22.3 Å². The number of rotatable bonds is 6. The molecule has 1 saturated heterocycles. The van der Waals surface area contributed by atoms with Gasteiger partial charge in [0, 0.05) is 22.2 Å². The quantitative estimate of drug-likeness (QED) is 0.103. The maximum atomic E-state index is 15.9. The average Bonchev–Trinajstić information content (AvgIpc) is 3.61. The number of fused-ring (bicyclic) bond motifs is 5. The third-order valence-corrected chi connectivity index (χ3v) is 10.5. The number of nitrogens with zero attached hydrogens (tertiary/aromatic N) is 2. The van der Waals surface area contributed by atoms with E-state index in [4.69, 9.17) is 23.2 Å². The van der Waals surface area contributed by atoms with E-state index >= 15 is 14.4 Å². The SMILES string of the molecule is O=C1[C@H]2[C@H](C(=O)N1c1cccc([N+](=O)[O-])c1)[C@@]1(c3ccc(Cl)cc3)C(=O)[C@@]2(c2ccc(Cl)cc2)C(c2ccccc2)=C1c1ccccc1. The standard InChI is InChI=1S/C39H24Cl2N2O5/c40-27-18-14-25(15-19-27)38-31(23-8-3-1-4-9-23)32(24-10-5-2-6-11-24)39(37(38)46,26-16-20-28(41)21-17-26)34-33(38)35(44)42(36(34)45)29-12-7-13-30(22-29)43(47)48/h1-22,33-34H/t33-,34-,38+,39+/m1/s1. The molecule has 4 atom stereocenters. The molecule has 2 aliphatic carbocycles. The molecule has 5 aromatic rings. The lowest BCUT2D eigenvalue weighted by molar-refractivity contribution is -0.384. The lowest BCUT2D eigenvalue weighted by Gasteiger charge is -2.39. The van der Waals surface area contributed by atoms with Crippen LogP contribution in [0.5, 0.6) is 0 Å². The summed E-state index contributed by atoms with van der Waals surface area (Å²) < 4.78 is 0. The first-order chi connectivity index (χ1) is 23.2. The fourth-order valence-electron chi connectivity index (χ4n) is 8.36. The van der Waals surface area contributed by atoms with E-state index in [1.54, 1.807) is 48.5 Å². The predicted octanol–water partition coefficient (Wildman–Crippen LogP) is 8.09. The van der Waals surface area contributed by atoms with Gasteiger partial charge >= 0.3 is 0 Å². The van der Waals surface area contributed by atoms with Crippen molar-refractivity contribution in [2.75, 3.05) is 4.90 Å². The second-order valence-corrected chi connectivity index (χ2v) is 13.1. The zero-order valence-corrected chi connectivity index (χ0v) is 26.6. The molecule has 48 heavy (non-hydrogen) atoms. The first-order valence-electron chi connectivity index (χ1n) is 15.3. The van der Waals surface area contributed by atoms with E-state index in [1.807, 2.05) is 60.7 Å². The van der Waals surface area contributed by atoms with E-state index in [-0.39, 0.29) is 17.2 Å². The number of halogens is 2. The molecule has 1 heterocycles. The molecule has 1 aliphatic heterocycles. The number of carbonyl (C=O) groups excluding carboxylic acids is 3. The Morgan fingerprint density at radius 1 is 0.583 bits per heavy atom. The Morgan fingerprint density at radius 3 is 1.44 bits per heavy atom. The van der Waals surface area contributed by atoms with Gasteiger partial charge in [0.2, 0.25) is 11.8 Å². The smallest absolute Gasteiger partial charge is 0.271 e. The van der Waals surface area contributed by atoms with Crippen molar-refractivity contribution in [2.45, 2.75) is 10.8 Å². The van der Waals surface area contributed by atoms with Crippen LogP contribution in [0.15, 0.2) is 133 Å². The minimum absolute atomic E-state index is 0.0699. The summed E-state index contributed by atoms with van der Waals surface area (Å²) in [5, 5.41) is 12.6. The van der Waals surface area contributed by atoms with Crippen LogP contribution >= 0.6 is 23.2 Å². The van der Waals surface area contributed by atoms with Crippen LogP contribution < -0.4 is 4.90 Å². The highest BCUT2D eigenvalue weighted by atomic mass is 35.5. The molecule has 0 aromatic heterocycles. The summed E-state index contributed by atoms with van der Waals surface area (Å²) >= 11 is 12.8. The van der Waals surface area contributed by atoms with Crippen LogP contribution in [-0.2, 0) is 25.2 Å². The number of benzene rings is 5. The summed E-state index contributed by atoms with van der Waals surface area (Å²) in [7, 11) is 0. The topological polar surface area (TPSA) is 97.6 Å². The molecule has 0 radical (unpaired) electrons. The fourth-order valence-corrected chi connectivity index (χ4v) is 8.61. The Hall–Kier alpha value is -5.37. The van der Waals surface area contributed by atoms with Gasteiger partial charge in [-0.15, -0.1) is 0 Å². The Bertz CT molecular complexity index is 2080. The van der Waals surface area contributed by atoms with Crippen molar-refractivity contribution in [1.82, 2.24) is 0 Å². The molecule has 234 valence electrons. The van der Waals surface area contributed by atoms with Crippen LogP contribution in [0.3, 0.4) is 0 Å². The molecule has 8 rings (SSSR count). The molecular weight excluding hydrogens is 647 g/mol. The molecule has 2 amide bonds. The van der Waals surface area contributed by atoms with Gasteiger partial charge < -0.3 is 0 Å². The second kappa shape index (κ2) is 10.8. The molecule has 9 heteroatoms. The van der Waals surface area contributed by atoms with Crippen molar-refractivity contribution in [3.05, 3.63) is 176 Å². The van der Waals surface area contributed by atoms with E-state index in [0.29, 0.717) is 32.3 Å². The van der Waals surface area contributed by atoms with Gasteiger partial charge in [-0.05, 0) is 63.7 Å². The molecule has 2 fully saturated rings. The van der Waals surface area contributed by atoms with Gasteiger partial charge in [-0.3, -0.25) is 24.5 Å². The Morgan fingerprint density at radius 2 is 1.02 bits per heavy atom.